The number of alkyl halides is 1. The molecule has 6 atom stereocenters. The molecule has 0 radical (unpaired) electrons. The predicted octanol–water partition coefficient (Wildman–Crippen LogP) is 3.32. The van der Waals surface area contributed by atoms with Crippen molar-refractivity contribution in [2.45, 2.75) is 63.9 Å². The van der Waals surface area contributed by atoms with Gasteiger partial charge < -0.3 is 19.1 Å². The SMILES string of the molecule is CC(C)OC(=O)[C@H](C)NP(=O)(OC[C@H]1O[C@@H](n2ccc(=O)[nH]c2=O)[C@](C)(F)[C@@H]1O)Oc1ccccc1-c1ccccc1. The minimum absolute atomic E-state index is 0.157. The lowest BCUT2D eigenvalue weighted by Gasteiger charge is -2.26. The molecule has 12 nitrogen and oxygen atoms in total. The molecule has 0 saturated carbocycles. The Morgan fingerprint density at radius 2 is 1.81 bits per heavy atom. The van der Waals surface area contributed by atoms with E-state index in [1.54, 1.807) is 38.1 Å². The Kier molecular flexibility index (Phi) is 9.49. The molecule has 1 aliphatic rings. The van der Waals surface area contributed by atoms with Crippen molar-refractivity contribution in [3.05, 3.63) is 87.7 Å². The number of aliphatic hydroxyl groups is 1. The van der Waals surface area contributed by atoms with Gasteiger partial charge in [0.25, 0.3) is 5.56 Å². The van der Waals surface area contributed by atoms with Gasteiger partial charge in [-0.3, -0.25) is 23.7 Å². The van der Waals surface area contributed by atoms with Gasteiger partial charge in [-0.05, 0) is 39.3 Å². The molecule has 3 aromatic rings. The van der Waals surface area contributed by atoms with Crippen LogP contribution in [-0.4, -0.2) is 57.3 Å². The standard InChI is InChI=1S/C28H33FN3O9P/c1-17(2)39-25(35)18(3)31-42(37,41-21-13-9-8-12-20(21)19-10-6-5-7-11-19)38-16-22-24(34)28(4,29)26(40-22)32-15-14-23(33)30-27(32)36/h5-15,17-18,22,24,26,34H,16H2,1-4H3,(H,31,37)(H,30,33,36)/t18-,22+,24+,26+,28+,42?/m0/s1. The first-order valence-corrected chi connectivity index (χ1v) is 14.8. The van der Waals surface area contributed by atoms with Gasteiger partial charge in [-0.2, -0.15) is 5.09 Å². The van der Waals surface area contributed by atoms with Crippen molar-refractivity contribution in [1.82, 2.24) is 14.6 Å². The molecule has 2 heterocycles. The van der Waals surface area contributed by atoms with Gasteiger partial charge in [0.1, 0.15) is 24.0 Å². The van der Waals surface area contributed by atoms with E-state index in [-0.39, 0.29) is 5.75 Å². The van der Waals surface area contributed by atoms with Crippen LogP contribution in [0.2, 0.25) is 0 Å². The summed E-state index contributed by atoms with van der Waals surface area (Å²) in [4.78, 5) is 38.3. The molecule has 0 spiro atoms. The molecule has 0 amide bonds. The summed E-state index contributed by atoms with van der Waals surface area (Å²) in [5, 5.41) is 13.3. The van der Waals surface area contributed by atoms with Crippen molar-refractivity contribution in [3.63, 3.8) is 0 Å². The maximum atomic E-state index is 15.7. The molecule has 3 N–H and O–H groups in total. The second-order valence-electron chi connectivity index (χ2n) is 10.2. The largest absolute Gasteiger partial charge is 0.462 e. The van der Waals surface area contributed by atoms with Crippen molar-refractivity contribution >= 4 is 13.7 Å². The number of carbonyl (C=O) groups is 1. The van der Waals surface area contributed by atoms with Crippen LogP contribution in [-0.2, 0) is 23.4 Å². The van der Waals surface area contributed by atoms with Crippen LogP contribution in [0.15, 0.2) is 76.4 Å². The molecule has 2 aromatic carbocycles. The highest BCUT2D eigenvalue weighted by atomic mass is 31.2. The molecule has 1 aliphatic heterocycles. The number of nitrogens with one attached hydrogen (secondary N) is 2. The zero-order valence-electron chi connectivity index (χ0n) is 23.4. The van der Waals surface area contributed by atoms with E-state index in [2.05, 4.69) is 5.09 Å². The smallest absolute Gasteiger partial charge is 0.459 e. The third-order valence-corrected chi connectivity index (χ3v) is 8.11. The Hall–Kier alpha value is -3.61. The van der Waals surface area contributed by atoms with Gasteiger partial charge in [0.2, 0.25) is 0 Å². The number of benzene rings is 2. The molecule has 4 rings (SSSR count). The first-order valence-electron chi connectivity index (χ1n) is 13.2. The zero-order chi connectivity index (χ0) is 30.7. The summed E-state index contributed by atoms with van der Waals surface area (Å²) in [7, 11) is -4.45. The number of nitrogens with zero attached hydrogens (tertiary/aromatic N) is 1. The first-order chi connectivity index (χ1) is 19.8. The number of para-hydroxylation sites is 1. The summed E-state index contributed by atoms with van der Waals surface area (Å²) >= 11 is 0. The lowest BCUT2D eigenvalue weighted by molar-refractivity contribution is -0.149. The molecule has 1 saturated heterocycles. The minimum Gasteiger partial charge on any atom is -0.462 e. The van der Waals surface area contributed by atoms with E-state index >= 15 is 4.39 Å². The van der Waals surface area contributed by atoms with E-state index < -0.39 is 67.8 Å². The lowest BCUT2D eigenvalue weighted by Crippen LogP contribution is -2.43. The van der Waals surface area contributed by atoms with Crippen LogP contribution in [0.25, 0.3) is 11.1 Å². The summed E-state index contributed by atoms with van der Waals surface area (Å²) < 4.78 is 53.0. The Bertz CT molecular complexity index is 1560. The molecule has 0 aliphatic carbocycles. The molecule has 1 unspecified atom stereocenters. The van der Waals surface area contributed by atoms with Gasteiger partial charge in [-0.1, -0.05) is 48.5 Å². The summed E-state index contributed by atoms with van der Waals surface area (Å²) in [5.41, 5.74) is -2.82. The molecule has 42 heavy (non-hydrogen) atoms. The molecular formula is C28H33FN3O9P. The predicted molar refractivity (Wildman–Crippen MR) is 151 cm³/mol. The van der Waals surface area contributed by atoms with Crippen LogP contribution in [0, 0.1) is 0 Å². The highest BCUT2D eigenvalue weighted by molar-refractivity contribution is 7.52. The highest BCUT2D eigenvalue weighted by Gasteiger charge is 2.56. The summed E-state index contributed by atoms with van der Waals surface area (Å²) in [6.45, 7) is 5.08. The van der Waals surface area contributed by atoms with Crippen LogP contribution in [0.4, 0.5) is 4.39 Å². The monoisotopic (exact) mass is 605 g/mol. The number of aliphatic hydroxyl groups excluding tert-OH is 1. The molecule has 0 bridgehead atoms. The average Bonchev–Trinajstić information content (AvgIpc) is 3.16. The molecule has 1 fully saturated rings. The van der Waals surface area contributed by atoms with Crippen LogP contribution < -0.4 is 20.9 Å². The maximum absolute atomic E-state index is 15.7. The topological polar surface area (TPSA) is 158 Å². The van der Waals surface area contributed by atoms with Crippen molar-refractivity contribution < 1.29 is 37.4 Å². The van der Waals surface area contributed by atoms with Gasteiger partial charge in [0.05, 0.1) is 12.7 Å². The lowest BCUT2D eigenvalue weighted by atomic mass is 9.98. The van der Waals surface area contributed by atoms with Crippen LogP contribution >= 0.6 is 7.75 Å². The quantitative estimate of drug-likeness (QED) is 0.219. The fourth-order valence-electron chi connectivity index (χ4n) is 4.38. The Labute approximate surface area is 241 Å². The molecule has 226 valence electrons. The van der Waals surface area contributed by atoms with Crippen LogP contribution in [0.3, 0.4) is 0 Å². The number of H-pyrrole nitrogens is 1. The van der Waals surface area contributed by atoms with Crippen molar-refractivity contribution in [1.29, 1.82) is 0 Å². The molecular weight excluding hydrogens is 572 g/mol. The summed E-state index contributed by atoms with van der Waals surface area (Å²) in [6.07, 6.45) is -4.31. The van der Waals surface area contributed by atoms with E-state index in [1.165, 1.54) is 6.92 Å². The van der Waals surface area contributed by atoms with Gasteiger partial charge in [-0.15, -0.1) is 0 Å². The number of aromatic nitrogens is 2. The van der Waals surface area contributed by atoms with Crippen molar-refractivity contribution in [2.24, 2.45) is 0 Å². The number of aromatic amines is 1. The number of halogens is 1. The number of rotatable bonds is 11. The Morgan fingerprint density at radius 3 is 2.48 bits per heavy atom. The number of esters is 1. The van der Waals surface area contributed by atoms with Crippen LogP contribution in [0.5, 0.6) is 5.75 Å². The van der Waals surface area contributed by atoms with E-state index in [1.807, 2.05) is 35.3 Å². The van der Waals surface area contributed by atoms with Crippen molar-refractivity contribution in [3.8, 4) is 16.9 Å². The summed E-state index contributed by atoms with van der Waals surface area (Å²) in [5.74, 6) is -0.565. The van der Waals surface area contributed by atoms with E-state index in [4.69, 9.17) is 18.5 Å². The fraction of sp³-hybridized carbons (Fsp3) is 0.393. The minimum atomic E-state index is -4.45. The van der Waals surface area contributed by atoms with Crippen LogP contribution in [0.1, 0.15) is 33.9 Å². The van der Waals surface area contributed by atoms with E-state index in [9.17, 15) is 24.1 Å². The zero-order valence-corrected chi connectivity index (χ0v) is 24.3. The van der Waals surface area contributed by atoms with Gasteiger partial charge in [0.15, 0.2) is 11.9 Å². The number of hydrogen-bond acceptors (Lipinski definition) is 9. The van der Waals surface area contributed by atoms with E-state index in [0.29, 0.717) is 5.56 Å². The second-order valence-corrected chi connectivity index (χ2v) is 11.9. The number of hydrogen-bond donors (Lipinski definition) is 3. The first kappa shape index (κ1) is 31.3. The number of ether oxygens (including phenoxy) is 2. The second kappa shape index (κ2) is 12.7. The van der Waals surface area contributed by atoms with E-state index in [0.717, 1.165) is 29.3 Å². The third kappa shape index (κ3) is 7.05. The maximum Gasteiger partial charge on any atom is 0.459 e. The number of carbonyl (C=O) groups excluding carboxylic acids is 1. The van der Waals surface area contributed by atoms with Gasteiger partial charge in [0, 0.05) is 17.8 Å². The summed E-state index contributed by atoms with van der Waals surface area (Å²) in [6, 6.07) is 15.7. The Balaban J connectivity index is 1.61. The molecule has 14 heteroatoms. The molecule has 1 aromatic heterocycles. The average molecular weight is 606 g/mol. The highest BCUT2D eigenvalue weighted by Crippen LogP contribution is 2.49. The Morgan fingerprint density at radius 1 is 1.14 bits per heavy atom. The normalized spacial score (nSPS) is 24.2. The third-order valence-electron chi connectivity index (χ3n) is 6.48. The fourth-order valence-corrected chi connectivity index (χ4v) is 5.90. The van der Waals surface area contributed by atoms with Crippen molar-refractivity contribution in [2.75, 3.05) is 6.61 Å². The van der Waals surface area contributed by atoms with Gasteiger partial charge in [-0.25, -0.2) is 13.8 Å². The van der Waals surface area contributed by atoms with Gasteiger partial charge >= 0.3 is 19.4 Å².